The summed E-state index contributed by atoms with van der Waals surface area (Å²) >= 11 is 1.40. The van der Waals surface area contributed by atoms with E-state index in [9.17, 15) is 29.1 Å². The van der Waals surface area contributed by atoms with Crippen molar-refractivity contribution < 1.29 is 34.2 Å². The van der Waals surface area contributed by atoms with Gasteiger partial charge in [-0.3, -0.25) is 24.0 Å². The number of primary amides is 1. The van der Waals surface area contributed by atoms with Crippen LogP contribution >= 0.6 is 11.8 Å². The maximum Gasteiger partial charge on any atom is 0.322 e. The van der Waals surface area contributed by atoms with E-state index in [1.165, 1.54) is 18.7 Å². The largest absolute Gasteiger partial charge is 0.480 e. The van der Waals surface area contributed by atoms with Crippen molar-refractivity contribution >= 4 is 41.4 Å². The van der Waals surface area contributed by atoms with Gasteiger partial charge >= 0.3 is 5.97 Å². The second-order valence-electron chi connectivity index (χ2n) is 5.95. The van der Waals surface area contributed by atoms with Crippen LogP contribution in [0.25, 0.3) is 0 Å². The number of carbonyl (C=O) groups excluding carboxylic acids is 4. The Labute approximate surface area is 166 Å². The van der Waals surface area contributed by atoms with E-state index in [0.717, 1.165) is 0 Å². The Bertz CT molecular complexity index is 587. The summed E-state index contributed by atoms with van der Waals surface area (Å²) in [6.07, 6.45) is 0.203. The van der Waals surface area contributed by atoms with Crippen LogP contribution in [0.1, 0.15) is 19.8 Å². The molecule has 4 atom stereocenters. The molecule has 0 fully saturated rings. The number of thioether (sulfide) groups is 1. The molecule has 0 heterocycles. The molecule has 0 aliphatic rings. The van der Waals surface area contributed by atoms with Crippen molar-refractivity contribution in [3.05, 3.63) is 0 Å². The molecular weight excluding hydrogens is 394 g/mol. The number of rotatable bonds is 13. The monoisotopic (exact) mass is 421 g/mol. The number of nitrogens with one attached hydrogen (secondary N) is 3. The molecule has 4 unspecified atom stereocenters. The summed E-state index contributed by atoms with van der Waals surface area (Å²) in [5, 5.41) is 24.7. The van der Waals surface area contributed by atoms with Gasteiger partial charge in [-0.1, -0.05) is 0 Å². The fraction of sp³-hybridized carbons (Fsp3) is 0.667. The van der Waals surface area contributed by atoms with Gasteiger partial charge in [-0.15, -0.1) is 0 Å². The van der Waals surface area contributed by atoms with Crippen LogP contribution in [-0.2, 0) is 24.0 Å². The smallest absolute Gasteiger partial charge is 0.322 e. The zero-order valence-electron chi connectivity index (χ0n) is 15.6. The van der Waals surface area contributed by atoms with Gasteiger partial charge in [-0.25, -0.2) is 0 Å². The third-order valence-electron chi connectivity index (χ3n) is 3.52. The number of carboxylic acids is 1. The average molecular weight is 421 g/mol. The summed E-state index contributed by atoms with van der Waals surface area (Å²) in [5.41, 5.74) is 10.6. The fourth-order valence-corrected chi connectivity index (χ4v) is 2.43. The summed E-state index contributed by atoms with van der Waals surface area (Å²) < 4.78 is 0. The first-order chi connectivity index (χ1) is 13.0. The zero-order chi connectivity index (χ0) is 21.9. The number of amides is 4. The minimum absolute atomic E-state index is 0.183. The zero-order valence-corrected chi connectivity index (χ0v) is 16.5. The number of hydrogen-bond acceptors (Lipinski definition) is 8. The van der Waals surface area contributed by atoms with Crippen LogP contribution < -0.4 is 27.4 Å². The lowest BCUT2D eigenvalue weighted by Crippen LogP contribution is -2.58. The lowest BCUT2D eigenvalue weighted by molar-refractivity contribution is -0.139. The number of carbonyl (C=O) groups is 5. The molecule has 0 saturated carbocycles. The maximum absolute atomic E-state index is 12.5. The number of carboxylic acid groups (broad SMARTS) is 1. The standard InChI is InChI=1S/C15H27N5O7S/c1-7(21)12(17)15(27)20-9(5-10(16)22)14(26)19-8(3-4-28-2)13(25)18-6-11(23)24/h7-9,12,21H,3-6,17H2,1-2H3,(H2,16,22)(H,18,25)(H,19,26)(H,20,27)(H,23,24). The SMILES string of the molecule is CSCCC(NC(=O)C(CC(N)=O)NC(=O)C(N)C(C)O)C(=O)NCC(=O)O. The Morgan fingerprint density at radius 3 is 2.07 bits per heavy atom. The molecule has 0 aromatic carbocycles. The van der Waals surface area contributed by atoms with Crippen molar-refractivity contribution in [3.63, 3.8) is 0 Å². The first kappa shape index (κ1) is 25.6. The molecule has 12 nitrogen and oxygen atoms in total. The third-order valence-corrected chi connectivity index (χ3v) is 4.16. The van der Waals surface area contributed by atoms with Crippen LogP contribution in [-0.4, -0.2) is 82.6 Å². The maximum atomic E-state index is 12.5. The van der Waals surface area contributed by atoms with Gasteiger partial charge in [0.15, 0.2) is 0 Å². The first-order valence-electron chi connectivity index (χ1n) is 8.30. The van der Waals surface area contributed by atoms with Crippen molar-refractivity contribution in [2.75, 3.05) is 18.6 Å². The molecule has 0 aliphatic carbocycles. The van der Waals surface area contributed by atoms with E-state index in [0.29, 0.717) is 5.75 Å². The van der Waals surface area contributed by atoms with E-state index in [2.05, 4.69) is 16.0 Å². The Morgan fingerprint density at radius 2 is 1.61 bits per heavy atom. The van der Waals surface area contributed by atoms with Crippen LogP contribution in [0.5, 0.6) is 0 Å². The Morgan fingerprint density at radius 1 is 1.04 bits per heavy atom. The van der Waals surface area contributed by atoms with Gasteiger partial charge in [0.05, 0.1) is 12.5 Å². The number of aliphatic hydroxyl groups excluding tert-OH is 1. The minimum Gasteiger partial charge on any atom is -0.480 e. The number of aliphatic hydroxyl groups is 1. The van der Waals surface area contributed by atoms with Crippen molar-refractivity contribution in [2.24, 2.45) is 11.5 Å². The van der Waals surface area contributed by atoms with Crippen LogP contribution in [0.3, 0.4) is 0 Å². The number of hydrogen-bond donors (Lipinski definition) is 7. The van der Waals surface area contributed by atoms with Gasteiger partial charge in [0.25, 0.3) is 0 Å². The van der Waals surface area contributed by atoms with E-state index >= 15 is 0 Å². The molecule has 0 bridgehead atoms. The summed E-state index contributed by atoms with van der Waals surface area (Å²) in [5.74, 6) is -4.15. The van der Waals surface area contributed by atoms with Crippen molar-refractivity contribution in [2.45, 2.75) is 44.0 Å². The van der Waals surface area contributed by atoms with Crippen molar-refractivity contribution in [3.8, 4) is 0 Å². The second-order valence-corrected chi connectivity index (χ2v) is 6.94. The van der Waals surface area contributed by atoms with Gasteiger partial charge in [0.2, 0.25) is 23.6 Å². The molecule has 4 amide bonds. The summed E-state index contributed by atoms with van der Waals surface area (Å²) in [6.45, 7) is 0.647. The number of nitrogens with two attached hydrogens (primary N) is 2. The van der Waals surface area contributed by atoms with Crippen LogP contribution in [0, 0.1) is 0 Å². The molecule has 0 spiro atoms. The molecule has 28 heavy (non-hydrogen) atoms. The van der Waals surface area contributed by atoms with Gasteiger partial charge < -0.3 is 37.6 Å². The molecule has 0 rings (SSSR count). The van der Waals surface area contributed by atoms with Gasteiger partial charge in [0, 0.05) is 0 Å². The fourth-order valence-electron chi connectivity index (χ4n) is 1.96. The van der Waals surface area contributed by atoms with Crippen LogP contribution in [0.4, 0.5) is 0 Å². The van der Waals surface area contributed by atoms with Gasteiger partial charge in [0.1, 0.15) is 24.7 Å². The first-order valence-corrected chi connectivity index (χ1v) is 9.70. The molecular formula is C15H27N5O7S. The van der Waals surface area contributed by atoms with Crippen molar-refractivity contribution in [1.82, 2.24) is 16.0 Å². The third kappa shape index (κ3) is 10.1. The highest BCUT2D eigenvalue weighted by molar-refractivity contribution is 7.98. The van der Waals surface area contributed by atoms with E-state index in [-0.39, 0.29) is 6.42 Å². The predicted octanol–water partition coefficient (Wildman–Crippen LogP) is -3.51. The van der Waals surface area contributed by atoms with Crippen molar-refractivity contribution in [1.29, 1.82) is 0 Å². The Hall–Kier alpha value is -2.38. The lowest BCUT2D eigenvalue weighted by atomic mass is 10.1. The molecule has 0 saturated heterocycles. The summed E-state index contributed by atoms with van der Waals surface area (Å²) in [7, 11) is 0. The lowest BCUT2D eigenvalue weighted by Gasteiger charge is -2.24. The van der Waals surface area contributed by atoms with E-state index < -0.39 is 66.8 Å². The Kier molecular flexibility index (Phi) is 11.8. The molecule has 9 N–H and O–H groups in total. The predicted molar refractivity (Wildman–Crippen MR) is 101 cm³/mol. The topological polar surface area (TPSA) is 214 Å². The molecule has 13 heteroatoms. The highest BCUT2D eigenvalue weighted by Gasteiger charge is 2.30. The molecule has 160 valence electrons. The molecule has 0 aromatic heterocycles. The minimum atomic E-state index is -1.42. The van der Waals surface area contributed by atoms with Gasteiger partial charge in [-0.2, -0.15) is 11.8 Å². The normalized spacial score (nSPS) is 14.9. The summed E-state index contributed by atoms with van der Waals surface area (Å²) in [6, 6.07) is -3.84. The Balaban J connectivity index is 5.22. The quantitative estimate of drug-likeness (QED) is 0.157. The van der Waals surface area contributed by atoms with Crippen LogP contribution in [0.2, 0.25) is 0 Å². The molecule has 0 aliphatic heterocycles. The van der Waals surface area contributed by atoms with Crippen LogP contribution in [0.15, 0.2) is 0 Å². The van der Waals surface area contributed by atoms with E-state index in [1.54, 1.807) is 6.26 Å². The summed E-state index contributed by atoms with van der Waals surface area (Å²) in [4.78, 5) is 58.4. The average Bonchev–Trinajstić information content (AvgIpc) is 2.60. The molecule has 0 aromatic rings. The van der Waals surface area contributed by atoms with Gasteiger partial charge in [-0.05, 0) is 25.4 Å². The molecule has 0 radical (unpaired) electrons. The second kappa shape index (κ2) is 12.9. The van der Waals surface area contributed by atoms with E-state index in [1.807, 2.05) is 0 Å². The van der Waals surface area contributed by atoms with E-state index in [4.69, 9.17) is 16.6 Å². The highest BCUT2D eigenvalue weighted by atomic mass is 32.2. The highest BCUT2D eigenvalue weighted by Crippen LogP contribution is 2.03. The number of aliphatic carboxylic acids is 1.